The zero-order valence-electron chi connectivity index (χ0n) is 17.0. The van der Waals surface area contributed by atoms with E-state index in [-0.39, 0.29) is 12.5 Å². The van der Waals surface area contributed by atoms with Gasteiger partial charge in [-0.25, -0.2) is 4.98 Å². The van der Waals surface area contributed by atoms with Crippen LogP contribution in [0.3, 0.4) is 0 Å². The standard InChI is InChI=1S/C24H23N3O3/c1-3-30-19-13-11-18(12-14-19)25-23(28)16-27-22-10-5-4-9-21(22)26-24(27)17-7-6-8-20(15-17)29-2/h4-15H,3,16H2,1-2H3,(H,25,28). The van der Waals surface area contributed by atoms with Crippen LogP contribution in [-0.2, 0) is 11.3 Å². The third-order valence-electron chi connectivity index (χ3n) is 4.73. The van der Waals surface area contributed by atoms with Crippen LogP contribution in [-0.4, -0.2) is 29.2 Å². The highest BCUT2D eigenvalue weighted by molar-refractivity contribution is 5.92. The molecule has 0 atom stereocenters. The summed E-state index contributed by atoms with van der Waals surface area (Å²) in [4.78, 5) is 17.6. The van der Waals surface area contributed by atoms with Crippen molar-refractivity contribution < 1.29 is 14.3 Å². The molecule has 0 fully saturated rings. The zero-order valence-corrected chi connectivity index (χ0v) is 17.0. The van der Waals surface area contributed by atoms with Crippen molar-refractivity contribution in [3.05, 3.63) is 72.8 Å². The van der Waals surface area contributed by atoms with E-state index in [0.717, 1.165) is 39.6 Å². The van der Waals surface area contributed by atoms with Crippen LogP contribution in [0.15, 0.2) is 72.8 Å². The monoisotopic (exact) mass is 401 g/mol. The number of aromatic nitrogens is 2. The highest BCUT2D eigenvalue weighted by Crippen LogP contribution is 2.27. The van der Waals surface area contributed by atoms with Crippen molar-refractivity contribution in [3.63, 3.8) is 0 Å². The molecule has 0 aliphatic rings. The molecule has 0 radical (unpaired) electrons. The lowest BCUT2D eigenvalue weighted by Gasteiger charge is -2.11. The quantitative estimate of drug-likeness (QED) is 0.485. The second-order valence-corrected chi connectivity index (χ2v) is 6.75. The largest absolute Gasteiger partial charge is 0.497 e. The fourth-order valence-corrected chi connectivity index (χ4v) is 3.36. The number of anilines is 1. The Balaban J connectivity index is 1.63. The Labute approximate surface area is 175 Å². The van der Waals surface area contributed by atoms with Gasteiger partial charge in [0.25, 0.3) is 0 Å². The SMILES string of the molecule is CCOc1ccc(NC(=O)Cn2c(-c3cccc(OC)c3)nc3ccccc32)cc1. The molecule has 0 saturated carbocycles. The van der Waals surface area contributed by atoms with Crippen LogP contribution in [0.5, 0.6) is 11.5 Å². The van der Waals surface area contributed by atoms with Gasteiger partial charge >= 0.3 is 0 Å². The van der Waals surface area contributed by atoms with Gasteiger partial charge in [-0.2, -0.15) is 0 Å². The Morgan fingerprint density at radius 1 is 1.00 bits per heavy atom. The molecule has 6 nitrogen and oxygen atoms in total. The molecule has 152 valence electrons. The van der Waals surface area contributed by atoms with Gasteiger partial charge in [-0.3, -0.25) is 4.79 Å². The van der Waals surface area contributed by atoms with Crippen molar-refractivity contribution in [2.24, 2.45) is 0 Å². The molecule has 30 heavy (non-hydrogen) atoms. The van der Waals surface area contributed by atoms with Crippen LogP contribution in [0.25, 0.3) is 22.4 Å². The van der Waals surface area contributed by atoms with E-state index in [1.165, 1.54) is 0 Å². The molecule has 0 saturated heterocycles. The molecule has 0 unspecified atom stereocenters. The van der Waals surface area contributed by atoms with Gasteiger partial charge in [-0.1, -0.05) is 24.3 Å². The van der Waals surface area contributed by atoms with Gasteiger partial charge in [0.05, 0.1) is 24.8 Å². The number of fused-ring (bicyclic) bond motifs is 1. The number of nitrogens with zero attached hydrogens (tertiary/aromatic N) is 2. The molecule has 1 aromatic heterocycles. The number of hydrogen-bond donors (Lipinski definition) is 1. The van der Waals surface area contributed by atoms with E-state index in [9.17, 15) is 4.79 Å². The lowest BCUT2D eigenvalue weighted by Crippen LogP contribution is -2.19. The molecular weight excluding hydrogens is 378 g/mol. The predicted molar refractivity (Wildman–Crippen MR) is 118 cm³/mol. The predicted octanol–water partition coefficient (Wildman–Crippen LogP) is 4.75. The Kier molecular flexibility index (Phi) is 5.66. The highest BCUT2D eigenvalue weighted by Gasteiger charge is 2.16. The van der Waals surface area contributed by atoms with Crippen LogP contribution >= 0.6 is 0 Å². The normalized spacial score (nSPS) is 10.7. The van der Waals surface area contributed by atoms with Crippen molar-refractivity contribution in [1.29, 1.82) is 0 Å². The summed E-state index contributed by atoms with van der Waals surface area (Å²) < 4.78 is 12.7. The lowest BCUT2D eigenvalue weighted by atomic mass is 10.2. The number of carbonyl (C=O) groups is 1. The molecule has 1 heterocycles. The van der Waals surface area contributed by atoms with Crippen molar-refractivity contribution in [2.75, 3.05) is 19.0 Å². The first-order chi connectivity index (χ1) is 14.7. The Morgan fingerprint density at radius 2 is 1.80 bits per heavy atom. The number of amides is 1. The first kappa shape index (κ1) is 19.5. The van der Waals surface area contributed by atoms with Gasteiger partial charge in [0, 0.05) is 11.3 Å². The van der Waals surface area contributed by atoms with Crippen LogP contribution < -0.4 is 14.8 Å². The van der Waals surface area contributed by atoms with E-state index >= 15 is 0 Å². The van der Waals surface area contributed by atoms with Gasteiger partial charge in [0.15, 0.2) is 0 Å². The minimum Gasteiger partial charge on any atom is -0.497 e. The molecule has 0 aliphatic heterocycles. The van der Waals surface area contributed by atoms with Crippen LogP contribution in [0.1, 0.15) is 6.92 Å². The molecule has 1 N–H and O–H groups in total. The molecule has 4 aromatic rings. The maximum Gasteiger partial charge on any atom is 0.244 e. The molecule has 6 heteroatoms. The summed E-state index contributed by atoms with van der Waals surface area (Å²) in [7, 11) is 1.63. The van der Waals surface area contributed by atoms with E-state index in [4.69, 9.17) is 14.5 Å². The van der Waals surface area contributed by atoms with Gasteiger partial charge in [-0.15, -0.1) is 0 Å². The van der Waals surface area contributed by atoms with E-state index in [1.54, 1.807) is 7.11 Å². The van der Waals surface area contributed by atoms with E-state index in [1.807, 2.05) is 84.3 Å². The fraction of sp³-hybridized carbons (Fsp3) is 0.167. The fourth-order valence-electron chi connectivity index (χ4n) is 3.36. The summed E-state index contributed by atoms with van der Waals surface area (Å²) in [6.45, 7) is 2.68. The number of benzene rings is 3. The Bertz CT molecular complexity index is 1170. The summed E-state index contributed by atoms with van der Waals surface area (Å²) >= 11 is 0. The van der Waals surface area contributed by atoms with E-state index in [2.05, 4.69) is 5.32 Å². The average Bonchev–Trinajstić information content (AvgIpc) is 3.14. The molecule has 0 bridgehead atoms. The first-order valence-corrected chi connectivity index (χ1v) is 9.80. The van der Waals surface area contributed by atoms with Crippen molar-refractivity contribution in [3.8, 4) is 22.9 Å². The molecule has 0 aliphatic carbocycles. The maximum absolute atomic E-state index is 12.8. The number of rotatable bonds is 7. The van der Waals surface area contributed by atoms with Crippen LogP contribution in [0.2, 0.25) is 0 Å². The van der Waals surface area contributed by atoms with Gasteiger partial charge in [0.2, 0.25) is 5.91 Å². The minimum atomic E-state index is -0.133. The van der Waals surface area contributed by atoms with Crippen molar-refractivity contribution in [1.82, 2.24) is 9.55 Å². The molecular formula is C24H23N3O3. The van der Waals surface area contributed by atoms with Crippen LogP contribution in [0.4, 0.5) is 5.69 Å². The number of methoxy groups -OCH3 is 1. The summed E-state index contributed by atoms with van der Waals surface area (Å²) in [5.74, 6) is 2.10. The number of nitrogens with one attached hydrogen (secondary N) is 1. The summed E-state index contributed by atoms with van der Waals surface area (Å²) in [6.07, 6.45) is 0. The van der Waals surface area contributed by atoms with Crippen LogP contribution in [0, 0.1) is 0 Å². The van der Waals surface area contributed by atoms with E-state index < -0.39 is 0 Å². The number of ether oxygens (including phenoxy) is 2. The smallest absolute Gasteiger partial charge is 0.244 e. The third-order valence-corrected chi connectivity index (χ3v) is 4.73. The van der Waals surface area contributed by atoms with Crippen molar-refractivity contribution >= 4 is 22.6 Å². The third kappa shape index (κ3) is 4.12. The first-order valence-electron chi connectivity index (χ1n) is 9.80. The second kappa shape index (κ2) is 8.69. The van der Waals surface area contributed by atoms with Gasteiger partial charge in [0.1, 0.15) is 23.9 Å². The molecule has 3 aromatic carbocycles. The summed E-state index contributed by atoms with van der Waals surface area (Å²) in [5.41, 5.74) is 3.34. The van der Waals surface area contributed by atoms with E-state index in [0.29, 0.717) is 6.61 Å². The lowest BCUT2D eigenvalue weighted by molar-refractivity contribution is -0.116. The maximum atomic E-state index is 12.8. The number of para-hydroxylation sites is 2. The zero-order chi connectivity index (χ0) is 20.9. The minimum absolute atomic E-state index is 0.133. The Hall–Kier alpha value is -3.80. The topological polar surface area (TPSA) is 65.4 Å². The Morgan fingerprint density at radius 3 is 2.57 bits per heavy atom. The van der Waals surface area contributed by atoms with Gasteiger partial charge < -0.3 is 19.4 Å². The average molecular weight is 401 g/mol. The second-order valence-electron chi connectivity index (χ2n) is 6.75. The number of carbonyl (C=O) groups excluding carboxylic acids is 1. The number of hydrogen-bond acceptors (Lipinski definition) is 4. The summed E-state index contributed by atoms with van der Waals surface area (Å²) in [6, 6.07) is 22.8. The highest BCUT2D eigenvalue weighted by atomic mass is 16.5. The van der Waals surface area contributed by atoms with Crippen molar-refractivity contribution in [2.45, 2.75) is 13.5 Å². The summed E-state index contributed by atoms with van der Waals surface area (Å²) in [5, 5.41) is 2.95. The number of imidazole rings is 1. The molecule has 4 rings (SSSR count). The molecule has 1 amide bonds. The molecule has 0 spiro atoms. The van der Waals surface area contributed by atoms with Gasteiger partial charge in [-0.05, 0) is 55.5 Å².